The van der Waals surface area contributed by atoms with E-state index in [2.05, 4.69) is 49.6 Å². The molecule has 0 radical (unpaired) electrons. The Labute approximate surface area is 214 Å². The molecule has 2 atom stereocenters. The van der Waals surface area contributed by atoms with E-state index >= 15 is 0 Å². The number of likely N-dealkylation sites (tertiary alicyclic amines) is 1. The number of carbonyl (C=O) groups excluding carboxylic acids is 1. The normalized spacial score (nSPS) is 21.6. The number of H-pyrrole nitrogens is 1. The maximum Gasteiger partial charge on any atom is 0.494 e. The number of ether oxygens (including phenoxy) is 1. The standard InChI is InChI=1S/C27H39BN4O4/c1-17(2)23(30-18(3)34-8)25(33)32-15-9-10-22(32)24-29-16-21(31-24)19-11-13-20(14-12-19)28-35-26(4,5)27(6,7)36-28/h11-14,16-17,22-23,30H,3,9-10,15H2,1-2,4-8H3,(H,29,31)/t22-,23-/m0/s1. The second-order valence-electron chi connectivity index (χ2n) is 11.1. The Morgan fingerprint density at radius 3 is 2.44 bits per heavy atom. The average molecular weight is 494 g/mol. The van der Waals surface area contributed by atoms with Crippen molar-refractivity contribution < 1.29 is 18.8 Å². The highest BCUT2D eigenvalue weighted by molar-refractivity contribution is 6.62. The van der Waals surface area contributed by atoms with Crippen LogP contribution >= 0.6 is 0 Å². The molecule has 36 heavy (non-hydrogen) atoms. The Bertz CT molecular complexity index is 1080. The van der Waals surface area contributed by atoms with Crippen molar-refractivity contribution in [1.82, 2.24) is 20.2 Å². The topological polar surface area (TPSA) is 88.7 Å². The van der Waals surface area contributed by atoms with Gasteiger partial charge in [0.1, 0.15) is 11.9 Å². The number of carbonyl (C=O) groups is 1. The summed E-state index contributed by atoms with van der Waals surface area (Å²) in [5.74, 6) is 1.32. The number of aromatic amines is 1. The molecule has 1 amide bonds. The lowest BCUT2D eigenvalue weighted by molar-refractivity contribution is -0.135. The Kier molecular flexibility index (Phi) is 7.26. The van der Waals surface area contributed by atoms with Crippen LogP contribution in [0.3, 0.4) is 0 Å². The maximum atomic E-state index is 13.5. The average Bonchev–Trinajstić information content (AvgIpc) is 3.54. The van der Waals surface area contributed by atoms with Crippen LogP contribution in [0.25, 0.3) is 11.3 Å². The highest BCUT2D eigenvalue weighted by Gasteiger charge is 2.51. The smallest absolute Gasteiger partial charge is 0.483 e. The number of hydrogen-bond acceptors (Lipinski definition) is 6. The molecule has 0 spiro atoms. The summed E-state index contributed by atoms with van der Waals surface area (Å²) in [4.78, 5) is 23.5. The first kappa shape index (κ1) is 26.3. The maximum absolute atomic E-state index is 13.5. The fourth-order valence-electron chi connectivity index (χ4n) is 4.69. The minimum absolute atomic E-state index is 0.0374. The molecule has 1 aromatic carbocycles. The van der Waals surface area contributed by atoms with E-state index in [-0.39, 0.29) is 29.1 Å². The van der Waals surface area contributed by atoms with Gasteiger partial charge in [-0.1, -0.05) is 38.1 Å². The van der Waals surface area contributed by atoms with Crippen LogP contribution in [-0.2, 0) is 18.8 Å². The van der Waals surface area contributed by atoms with Gasteiger partial charge in [0.2, 0.25) is 5.91 Å². The van der Waals surface area contributed by atoms with Gasteiger partial charge in [-0.15, -0.1) is 0 Å². The van der Waals surface area contributed by atoms with Gasteiger partial charge >= 0.3 is 7.12 Å². The summed E-state index contributed by atoms with van der Waals surface area (Å²) in [5, 5.41) is 3.13. The summed E-state index contributed by atoms with van der Waals surface area (Å²) in [6.45, 7) is 16.8. The third-order valence-electron chi connectivity index (χ3n) is 7.69. The summed E-state index contributed by atoms with van der Waals surface area (Å²) >= 11 is 0. The molecule has 2 aromatic rings. The highest BCUT2D eigenvalue weighted by atomic mass is 16.7. The van der Waals surface area contributed by atoms with E-state index in [1.54, 1.807) is 7.11 Å². The molecule has 0 aliphatic carbocycles. The summed E-state index contributed by atoms with van der Waals surface area (Å²) in [6.07, 6.45) is 3.64. The molecule has 194 valence electrons. The van der Waals surface area contributed by atoms with Crippen LogP contribution in [0.2, 0.25) is 0 Å². The first-order valence-electron chi connectivity index (χ1n) is 12.7. The molecule has 2 fully saturated rings. The van der Waals surface area contributed by atoms with Crippen molar-refractivity contribution in [3.8, 4) is 11.3 Å². The Hall–Kier alpha value is -2.78. The number of nitrogens with zero attached hydrogens (tertiary/aromatic N) is 2. The Morgan fingerprint density at radius 1 is 1.22 bits per heavy atom. The van der Waals surface area contributed by atoms with Crippen molar-refractivity contribution in [1.29, 1.82) is 0 Å². The lowest BCUT2D eigenvalue weighted by Gasteiger charge is -2.32. The number of benzene rings is 1. The number of imidazole rings is 1. The largest absolute Gasteiger partial charge is 0.494 e. The van der Waals surface area contributed by atoms with Gasteiger partial charge in [0.25, 0.3) is 0 Å². The third kappa shape index (κ3) is 5.04. The van der Waals surface area contributed by atoms with Crippen molar-refractivity contribution in [2.24, 2.45) is 5.92 Å². The van der Waals surface area contributed by atoms with E-state index in [4.69, 9.17) is 14.0 Å². The van der Waals surface area contributed by atoms with E-state index < -0.39 is 13.2 Å². The predicted octanol–water partition coefficient (Wildman–Crippen LogP) is 3.77. The van der Waals surface area contributed by atoms with Gasteiger partial charge in [-0.05, 0) is 64.1 Å². The van der Waals surface area contributed by atoms with E-state index in [0.717, 1.165) is 35.4 Å². The Balaban J connectivity index is 1.48. The fraction of sp³-hybridized carbons (Fsp3) is 0.556. The Morgan fingerprint density at radius 2 is 1.86 bits per heavy atom. The lowest BCUT2D eigenvalue weighted by Crippen LogP contribution is -2.48. The van der Waals surface area contributed by atoms with Gasteiger partial charge in [0, 0.05) is 6.54 Å². The molecule has 4 rings (SSSR count). The number of rotatable bonds is 8. The molecule has 2 N–H and O–H groups in total. The summed E-state index contributed by atoms with van der Waals surface area (Å²) in [6, 6.07) is 7.66. The molecule has 0 saturated carbocycles. The second-order valence-corrected chi connectivity index (χ2v) is 11.1. The van der Waals surface area contributed by atoms with Crippen molar-refractivity contribution >= 4 is 18.5 Å². The minimum Gasteiger partial charge on any atom is -0.483 e. The molecule has 2 aliphatic rings. The zero-order chi connectivity index (χ0) is 26.3. The molecule has 3 heterocycles. The quantitative estimate of drug-likeness (QED) is 0.429. The number of methoxy groups -OCH3 is 1. The van der Waals surface area contributed by atoms with Crippen LogP contribution in [0.1, 0.15) is 66.3 Å². The van der Waals surface area contributed by atoms with E-state index in [0.29, 0.717) is 12.4 Å². The van der Waals surface area contributed by atoms with Crippen molar-refractivity contribution in [3.63, 3.8) is 0 Å². The molecule has 0 bridgehead atoms. The molecule has 9 heteroatoms. The number of amides is 1. The van der Waals surface area contributed by atoms with Crippen LogP contribution in [0.5, 0.6) is 0 Å². The molecule has 2 aliphatic heterocycles. The van der Waals surface area contributed by atoms with Crippen molar-refractivity contribution in [2.75, 3.05) is 13.7 Å². The van der Waals surface area contributed by atoms with E-state index in [1.165, 1.54) is 0 Å². The van der Waals surface area contributed by atoms with Gasteiger partial charge in [-0.3, -0.25) is 4.79 Å². The molecule has 1 aromatic heterocycles. The SMILES string of the molecule is C=C(N[C@H](C(=O)N1CCC[C@H]1c1ncc(-c2ccc(B3OC(C)(C)C(C)(C)O3)cc2)[nH]1)C(C)C)OC. The van der Waals surface area contributed by atoms with Crippen LogP contribution in [0, 0.1) is 5.92 Å². The number of aromatic nitrogens is 2. The van der Waals surface area contributed by atoms with Crippen molar-refractivity contribution in [2.45, 2.75) is 77.7 Å². The zero-order valence-corrected chi connectivity index (χ0v) is 22.6. The number of hydrogen-bond donors (Lipinski definition) is 2. The van der Waals surface area contributed by atoms with Crippen LogP contribution in [-0.4, -0.2) is 58.8 Å². The summed E-state index contributed by atoms with van der Waals surface area (Å²) < 4.78 is 17.5. The van der Waals surface area contributed by atoms with Gasteiger partial charge in [0.15, 0.2) is 5.88 Å². The monoisotopic (exact) mass is 494 g/mol. The van der Waals surface area contributed by atoms with Crippen LogP contribution in [0.15, 0.2) is 42.9 Å². The molecule has 8 nitrogen and oxygen atoms in total. The van der Waals surface area contributed by atoms with Gasteiger partial charge < -0.3 is 29.2 Å². The van der Waals surface area contributed by atoms with Gasteiger partial charge in [0.05, 0.1) is 36.2 Å². The fourth-order valence-corrected chi connectivity index (χ4v) is 4.69. The first-order valence-corrected chi connectivity index (χ1v) is 12.7. The van der Waals surface area contributed by atoms with Crippen LogP contribution < -0.4 is 10.8 Å². The summed E-state index contributed by atoms with van der Waals surface area (Å²) in [5.41, 5.74) is 2.16. The van der Waals surface area contributed by atoms with Crippen molar-refractivity contribution in [3.05, 3.63) is 48.7 Å². The first-order chi connectivity index (χ1) is 16.9. The molecule has 2 saturated heterocycles. The second kappa shape index (κ2) is 9.94. The highest BCUT2D eigenvalue weighted by Crippen LogP contribution is 2.37. The molecular weight excluding hydrogens is 455 g/mol. The molecule has 0 unspecified atom stereocenters. The summed E-state index contributed by atoms with van der Waals surface area (Å²) in [7, 11) is 1.15. The number of nitrogens with one attached hydrogen (secondary N) is 2. The minimum atomic E-state index is -0.407. The zero-order valence-electron chi connectivity index (χ0n) is 22.6. The van der Waals surface area contributed by atoms with E-state index in [1.807, 2.05) is 49.2 Å². The predicted molar refractivity (Wildman–Crippen MR) is 141 cm³/mol. The molecular formula is C27H39BN4O4. The van der Waals surface area contributed by atoms with Crippen LogP contribution in [0.4, 0.5) is 0 Å². The van der Waals surface area contributed by atoms with Gasteiger partial charge in [-0.25, -0.2) is 4.98 Å². The lowest BCUT2D eigenvalue weighted by atomic mass is 9.79. The van der Waals surface area contributed by atoms with Gasteiger partial charge in [-0.2, -0.15) is 0 Å². The third-order valence-corrected chi connectivity index (χ3v) is 7.69. The van der Waals surface area contributed by atoms with E-state index in [9.17, 15) is 4.79 Å².